The highest BCUT2D eigenvalue weighted by molar-refractivity contribution is 6.38. The van der Waals surface area contributed by atoms with Crippen LogP contribution in [0.5, 0.6) is 11.5 Å². The highest BCUT2D eigenvalue weighted by atomic mass is 16.5. The number of methoxy groups -OCH3 is 2. The van der Waals surface area contributed by atoms with E-state index in [2.05, 4.69) is 6.58 Å². The SMILES string of the molecule is C=CC(=O)OCC(C)(C)C(=O)C(=O)N1CCCC[C@H]1C(=O)OC(CCc1ccc(OC)c(OC)c1)c1cccc(N)c1. The van der Waals surface area contributed by atoms with E-state index in [1.54, 1.807) is 32.4 Å². The summed E-state index contributed by atoms with van der Waals surface area (Å²) in [5.41, 5.74) is 6.95. The van der Waals surface area contributed by atoms with Crippen molar-refractivity contribution in [2.24, 2.45) is 5.41 Å². The average molecular weight is 581 g/mol. The lowest BCUT2D eigenvalue weighted by atomic mass is 9.87. The number of anilines is 1. The standard InChI is InChI=1S/C32H40N2O8/c1-6-28(35)41-20-32(2,3)29(36)30(37)34-17-8-7-12-24(34)31(38)42-25(22-10-9-11-23(33)19-22)15-13-21-14-16-26(39-4)27(18-21)40-5/h6,9-11,14,16,18-19,24-25H,1,7-8,12-13,15,17,20,33H2,2-5H3/t24-,25?/m0/s1. The van der Waals surface area contributed by atoms with Crippen molar-refractivity contribution in [3.05, 3.63) is 66.2 Å². The summed E-state index contributed by atoms with van der Waals surface area (Å²) in [5, 5.41) is 0. The van der Waals surface area contributed by atoms with Gasteiger partial charge >= 0.3 is 11.9 Å². The summed E-state index contributed by atoms with van der Waals surface area (Å²) in [4.78, 5) is 53.0. The summed E-state index contributed by atoms with van der Waals surface area (Å²) in [7, 11) is 3.13. The van der Waals surface area contributed by atoms with Gasteiger partial charge < -0.3 is 29.6 Å². The van der Waals surface area contributed by atoms with E-state index in [1.165, 1.54) is 18.7 Å². The Kier molecular flexibility index (Phi) is 11.1. The molecule has 42 heavy (non-hydrogen) atoms. The Labute approximate surface area is 246 Å². The number of ether oxygens (including phenoxy) is 4. The van der Waals surface area contributed by atoms with Gasteiger partial charge in [-0.2, -0.15) is 0 Å². The van der Waals surface area contributed by atoms with E-state index >= 15 is 0 Å². The Morgan fingerprint density at radius 2 is 1.81 bits per heavy atom. The lowest BCUT2D eigenvalue weighted by Crippen LogP contribution is -2.53. The molecule has 226 valence electrons. The number of ketones is 1. The number of esters is 2. The number of piperidine rings is 1. The molecule has 2 aromatic carbocycles. The van der Waals surface area contributed by atoms with Gasteiger partial charge in [-0.25, -0.2) is 9.59 Å². The fourth-order valence-electron chi connectivity index (χ4n) is 4.82. The van der Waals surface area contributed by atoms with Gasteiger partial charge in [-0.1, -0.05) is 24.8 Å². The van der Waals surface area contributed by atoms with Gasteiger partial charge in [0.1, 0.15) is 18.8 Å². The number of aryl methyl sites for hydroxylation is 1. The quantitative estimate of drug-likeness (QED) is 0.160. The first-order valence-corrected chi connectivity index (χ1v) is 13.9. The van der Waals surface area contributed by atoms with Crippen LogP contribution in [0.2, 0.25) is 0 Å². The number of Topliss-reactive ketones (excluding diaryl/α,β-unsaturated/α-hetero) is 1. The number of hydrogen-bond donors (Lipinski definition) is 1. The molecular formula is C32H40N2O8. The van der Waals surface area contributed by atoms with Crippen LogP contribution in [0.15, 0.2) is 55.1 Å². The minimum absolute atomic E-state index is 0.238. The number of hydrogen-bond acceptors (Lipinski definition) is 9. The molecule has 1 fully saturated rings. The van der Waals surface area contributed by atoms with E-state index in [9.17, 15) is 19.2 Å². The minimum Gasteiger partial charge on any atom is -0.493 e. The number of carbonyl (C=O) groups excluding carboxylic acids is 4. The van der Waals surface area contributed by atoms with Gasteiger partial charge in [0.15, 0.2) is 11.5 Å². The van der Waals surface area contributed by atoms with Gasteiger partial charge in [-0.05, 0) is 81.3 Å². The summed E-state index contributed by atoms with van der Waals surface area (Å²) in [5.74, 6) is -1.63. The van der Waals surface area contributed by atoms with Crippen molar-refractivity contribution in [3.8, 4) is 11.5 Å². The zero-order valence-electron chi connectivity index (χ0n) is 24.7. The topological polar surface area (TPSA) is 134 Å². The van der Waals surface area contributed by atoms with E-state index in [4.69, 9.17) is 24.7 Å². The van der Waals surface area contributed by atoms with E-state index in [0.717, 1.165) is 17.2 Å². The Balaban J connectivity index is 1.79. The molecule has 2 N–H and O–H groups in total. The van der Waals surface area contributed by atoms with Crippen LogP contribution in [0.3, 0.4) is 0 Å². The highest BCUT2D eigenvalue weighted by Crippen LogP contribution is 2.32. The molecule has 3 rings (SSSR count). The van der Waals surface area contributed by atoms with Gasteiger partial charge in [0.05, 0.1) is 19.6 Å². The van der Waals surface area contributed by atoms with Crippen molar-refractivity contribution in [2.75, 3.05) is 33.1 Å². The molecule has 1 unspecified atom stereocenters. The van der Waals surface area contributed by atoms with Crippen LogP contribution in [0.4, 0.5) is 5.69 Å². The molecule has 1 amide bonds. The maximum Gasteiger partial charge on any atom is 0.330 e. The summed E-state index contributed by atoms with van der Waals surface area (Å²) in [6, 6.07) is 11.8. The van der Waals surface area contributed by atoms with E-state index in [0.29, 0.717) is 49.3 Å². The second-order valence-electron chi connectivity index (χ2n) is 10.9. The number of rotatable bonds is 13. The molecule has 1 aliphatic rings. The fraction of sp³-hybridized carbons (Fsp3) is 0.438. The molecule has 1 saturated heterocycles. The van der Waals surface area contributed by atoms with Crippen molar-refractivity contribution in [1.82, 2.24) is 4.90 Å². The van der Waals surface area contributed by atoms with Crippen LogP contribution in [0, 0.1) is 5.41 Å². The molecule has 0 radical (unpaired) electrons. The predicted octanol–water partition coefficient (Wildman–Crippen LogP) is 4.21. The molecule has 0 bridgehead atoms. The lowest BCUT2D eigenvalue weighted by Gasteiger charge is -2.36. The van der Waals surface area contributed by atoms with Crippen LogP contribution >= 0.6 is 0 Å². The predicted molar refractivity (Wildman–Crippen MR) is 157 cm³/mol. The number of nitrogen functional groups attached to an aromatic ring is 1. The first kappa shape index (κ1) is 32.2. The minimum atomic E-state index is -1.29. The van der Waals surface area contributed by atoms with Crippen LogP contribution in [-0.2, 0) is 35.1 Å². The fourth-order valence-corrected chi connectivity index (χ4v) is 4.82. The maximum absolute atomic E-state index is 13.6. The third-order valence-corrected chi connectivity index (χ3v) is 7.27. The normalized spacial score (nSPS) is 15.7. The van der Waals surface area contributed by atoms with Crippen LogP contribution in [-0.4, -0.2) is 61.9 Å². The second kappa shape index (κ2) is 14.5. The molecule has 2 atom stereocenters. The molecule has 0 saturated carbocycles. The Bertz CT molecular complexity index is 1310. The van der Waals surface area contributed by atoms with E-state index < -0.39 is 41.2 Å². The molecule has 10 nitrogen and oxygen atoms in total. The van der Waals surface area contributed by atoms with Gasteiger partial charge in [0.2, 0.25) is 5.78 Å². The number of nitrogens with zero attached hydrogens (tertiary/aromatic N) is 1. The molecule has 1 heterocycles. The lowest BCUT2D eigenvalue weighted by molar-refractivity contribution is -0.165. The summed E-state index contributed by atoms with van der Waals surface area (Å²) in [6.45, 7) is 6.32. The van der Waals surface area contributed by atoms with Crippen molar-refractivity contribution >= 4 is 29.3 Å². The maximum atomic E-state index is 13.6. The highest BCUT2D eigenvalue weighted by Gasteiger charge is 2.42. The number of nitrogens with two attached hydrogens (primary N) is 1. The average Bonchev–Trinajstić information content (AvgIpc) is 3.00. The van der Waals surface area contributed by atoms with Crippen molar-refractivity contribution in [3.63, 3.8) is 0 Å². The van der Waals surface area contributed by atoms with E-state index in [-0.39, 0.29) is 13.2 Å². The summed E-state index contributed by atoms with van der Waals surface area (Å²) >= 11 is 0. The van der Waals surface area contributed by atoms with Gasteiger partial charge in [-0.15, -0.1) is 0 Å². The third kappa shape index (κ3) is 8.11. The molecule has 1 aliphatic heterocycles. The second-order valence-corrected chi connectivity index (χ2v) is 10.9. The third-order valence-electron chi connectivity index (χ3n) is 7.27. The Morgan fingerprint density at radius 1 is 1.07 bits per heavy atom. The molecule has 0 aliphatic carbocycles. The number of carbonyl (C=O) groups is 4. The van der Waals surface area contributed by atoms with Gasteiger partial charge in [-0.3, -0.25) is 9.59 Å². The van der Waals surface area contributed by atoms with Crippen LogP contribution in [0.25, 0.3) is 0 Å². The largest absolute Gasteiger partial charge is 0.493 e. The van der Waals surface area contributed by atoms with E-state index in [1.807, 2.05) is 24.3 Å². The number of amides is 1. The molecule has 0 aromatic heterocycles. The Morgan fingerprint density at radius 3 is 2.48 bits per heavy atom. The zero-order chi connectivity index (χ0) is 30.9. The van der Waals surface area contributed by atoms with Crippen LogP contribution in [0.1, 0.15) is 56.8 Å². The van der Waals surface area contributed by atoms with Crippen molar-refractivity contribution < 1.29 is 38.1 Å². The summed E-state index contributed by atoms with van der Waals surface area (Å²) in [6.07, 6.45) is 3.03. The molecular weight excluding hydrogens is 540 g/mol. The number of benzene rings is 2. The smallest absolute Gasteiger partial charge is 0.330 e. The molecule has 2 aromatic rings. The first-order valence-electron chi connectivity index (χ1n) is 13.9. The number of likely N-dealkylation sites (tertiary alicyclic amines) is 1. The molecule has 10 heteroatoms. The zero-order valence-corrected chi connectivity index (χ0v) is 24.7. The monoisotopic (exact) mass is 580 g/mol. The van der Waals surface area contributed by atoms with Crippen molar-refractivity contribution in [2.45, 2.75) is 58.1 Å². The van der Waals surface area contributed by atoms with Gasteiger partial charge in [0.25, 0.3) is 5.91 Å². The van der Waals surface area contributed by atoms with Crippen LogP contribution < -0.4 is 15.2 Å². The Hall–Kier alpha value is -4.34. The molecule has 0 spiro atoms. The summed E-state index contributed by atoms with van der Waals surface area (Å²) < 4.78 is 21.8. The van der Waals surface area contributed by atoms with Gasteiger partial charge in [0, 0.05) is 18.3 Å². The van der Waals surface area contributed by atoms with Crippen molar-refractivity contribution in [1.29, 1.82) is 0 Å². The first-order chi connectivity index (χ1) is 20.0.